The molecule has 0 aliphatic heterocycles. The predicted octanol–water partition coefficient (Wildman–Crippen LogP) is 19.4. The minimum absolute atomic E-state index is 0.414. The van der Waals surface area contributed by atoms with Gasteiger partial charge in [0.2, 0.25) is 0 Å². The highest BCUT2D eigenvalue weighted by Gasteiger charge is 2.54. The number of thiazole rings is 1. The van der Waals surface area contributed by atoms with Crippen LogP contribution in [0.25, 0.3) is 37.4 Å². The molecule has 16 saturated carbocycles. The summed E-state index contributed by atoms with van der Waals surface area (Å²) < 4.78 is 13.0. The van der Waals surface area contributed by atoms with Crippen LogP contribution in [0.5, 0.6) is 0 Å². The van der Waals surface area contributed by atoms with E-state index in [0.29, 0.717) is 22.2 Å². The minimum Gasteiger partial charge on any atom is -0.461 e. The fraction of sp³-hybridized carbons (Fsp3) is 0.615. The first-order valence-corrected chi connectivity index (χ1v) is 39.4. The van der Waals surface area contributed by atoms with E-state index in [2.05, 4.69) is 111 Å². The summed E-state index contributed by atoms with van der Waals surface area (Å²) in [4.78, 5) is 11.3. The van der Waals surface area contributed by atoms with Gasteiger partial charge in [0.25, 0.3) is 0 Å². The Morgan fingerprint density at radius 3 is 1.45 bits per heavy atom. The van der Waals surface area contributed by atoms with Gasteiger partial charge >= 0.3 is 0 Å². The summed E-state index contributed by atoms with van der Waals surface area (Å²) >= 11 is 7.43. The van der Waals surface area contributed by atoms with E-state index in [4.69, 9.17) is 8.83 Å². The average Bonchev–Trinajstić information content (AvgIpc) is 1.38. The zero-order valence-corrected chi connectivity index (χ0v) is 57.7. The van der Waals surface area contributed by atoms with Gasteiger partial charge in [0, 0.05) is 88.0 Å². The van der Waals surface area contributed by atoms with Gasteiger partial charge in [0.1, 0.15) is 5.69 Å². The van der Waals surface area contributed by atoms with Crippen LogP contribution in [0, 0.1) is 84.9 Å². The Labute approximate surface area is 557 Å². The maximum absolute atomic E-state index is 5.65. The molecule has 0 aromatic carbocycles. The molecule has 0 spiro atoms. The molecule has 16 fully saturated rings. The predicted molar refractivity (Wildman–Crippen MR) is 375 cm³/mol. The first-order chi connectivity index (χ1) is 44.3. The first-order valence-electron chi connectivity index (χ1n) is 36.0. The lowest BCUT2D eigenvalue weighted by Crippen LogP contribution is -2.58. The molecule has 0 unspecified atom stereocenters. The third kappa shape index (κ3) is 13.1. The number of furan rings is 2. The molecule has 17 aliphatic carbocycles. The van der Waals surface area contributed by atoms with E-state index >= 15 is 0 Å². The molecule has 4 N–H and O–H groups in total. The Morgan fingerprint density at radius 1 is 0.527 bits per heavy atom. The highest BCUT2D eigenvalue weighted by Crippen LogP contribution is 2.59. The lowest BCUT2D eigenvalue weighted by molar-refractivity contribution is -0.0207. The van der Waals surface area contributed by atoms with Gasteiger partial charge in [0.15, 0.2) is 11.5 Å². The van der Waals surface area contributed by atoms with Crippen LogP contribution >= 0.6 is 45.3 Å². The molecule has 0 radical (unpaired) electrons. The Hall–Kier alpha value is -4.18. The number of nitrogens with zero attached hydrogens (tertiary/aromatic N) is 3. The number of allylic oxidation sites excluding steroid dienone is 3. The van der Waals surface area contributed by atoms with Crippen LogP contribution in [0.3, 0.4) is 0 Å². The van der Waals surface area contributed by atoms with Crippen LogP contribution < -0.4 is 21.3 Å². The summed E-state index contributed by atoms with van der Waals surface area (Å²) in [6.45, 7) is 8.33. The van der Waals surface area contributed by atoms with Crippen molar-refractivity contribution < 1.29 is 8.83 Å². The fourth-order valence-electron chi connectivity index (χ4n) is 23.3. The van der Waals surface area contributed by atoms with E-state index in [0.717, 1.165) is 126 Å². The zero-order chi connectivity index (χ0) is 60.9. The molecule has 0 saturated heterocycles. The number of hydrogen-bond acceptors (Lipinski definition) is 12. The quantitative estimate of drug-likeness (QED) is 0.0759. The molecule has 0 amide bonds. The standard InChI is InChI=1S/C20H27N3S.C20H25NS.C19H24N2S2.C19H23NO2/c1-13-12-23(2)22-19(13)18-4-3-17(24-18)11-21-20-8-14-5-15(9-20)7-16(6-14)10-20;1-2-18(19-3-4-22-13-19)8-14(1)12-21-20-9-15-5-16(10-20)7-17(6-15)11-20;1-12-20-11-18(22-12)17-3-2-16(23-17)10-21-19-7-13-4-14(8-19)6-15(5-13)9-19;1-2-17(21-3-1)18-7-16(12-22-18)11-20-19-8-13-4-14(9-19)6-15(5-13)10-19/h3-4,12,14-16,21H,5-11H2,1-2H3;2-4,8,13,15-17,21H,1,5-7,9-12H2;2-3,11,13-15,21H,4-10H2,1H3;1-3,7,12-15,20H,4-6,8-11H2. The van der Waals surface area contributed by atoms with Crippen LogP contribution in [0.15, 0.2) is 111 Å². The van der Waals surface area contributed by atoms with Crippen LogP contribution in [0.2, 0.25) is 0 Å². The van der Waals surface area contributed by atoms with Crippen molar-refractivity contribution in [2.75, 3.05) is 6.54 Å². The van der Waals surface area contributed by atoms with E-state index in [1.54, 1.807) is 34.5 Å². The zero-order valence-electron chi connectivity index (χ0n) is 54.5. The van der Waals surface area contributed by atoms with Gasteiger partial charge < -0.3 is 30.1 Å². The van der Waals surface area contributed by atoms with Gasteiger partial charge in [-0.2, -0.15) is 16.4 Å². The van der Waals surface area contributed by atoms with Crippen LogP contribution in [0.1, 0.15) is 192 Å². The van der Waals surface area contributed by atoms with E-state index in [1.165, 1.54) is 201 Å². The second-order valence-corrected chi connectivity index (χ2v) is 37.1. The Kier molecular flexibility index (Phi) is 16.5. The molecule has 9 nitrogen and oxygen atoms in total. The summed E-state index contributed by atoms with van der Waals surface area (Å²) in [6.07, 6.45) is 49.0. The van der Waals surface area contributed by atoms with Crippen molar-refractivity contribution in [1.29, 1.82) is 0 Å². The van der Waals surface area contributed by atoms with Gasteiger partial charge in [-0.15, -0.1) is 34.0 Å². The molecule has 0 atom stereocenters. The SMILES string of the molecule is C1=C(CNC23CC4CC(CC(C4)C2)C3)CC=C1c1ccsc1.Cc1cn(C)nc1-c1ccc(CNC23CC4CC(CC(C4)C2)C3)s1.Cc1ncc(-c2ccc(CNC34CC5CC(CC(C5)C3)C4)s2)s1.c1coc(-c2cc(CNC34CC5CC(CC(C5)C3)C4)co2)c1. The molecule has 24 rings (SSSR count). The second-order valence-electron chi connectivity index (χ2n) is 32.8. The van der Waals surface area contributed by atoms with Gasteiger partial charge in [-0.1, -0.05) is 17.7 Å². The van der Waals surface area contributed by atoms with Crippen LogP contribution in [-0.2, 0) is 26.7 Å². The van der Waals surface area contributed by atoms with Crippen LogP contribution in [-0.4, -0.2) is 43.5 Å². The van der Waals surface area contributed by atoms with Gasteiger partial charge in [0.05, 0.1) is 27.3 Å². The van der Waals surface area contributed by atoms with Crippen LogP contribution in [0.4, 0.5) is 0 Å². The molecule has 16 bridgehead atoms. The Balaban J connectivity index is 0.0000000932. The van der Waals surface area contributed by atoms with E-state index < -0.39 is 0 Å². The summed E-state index contributed by atoms with van der Waals surface area (Å²) in [6, 6.07) is 17.3. The number of thiophene rings is 3. The number of rotatable bonds is 16. The monoisotopic (exact) mass is 1290 g/mol. The van der Waals surface area contributed by atoms with Crippen molar-refractivity contribution in [1.82, 2.24) is 36.0 Å². The minimum atomic E-state index is 0.414. The maximum atomic E-state index is 5.65. The molecule has 17 aliphatic rings. The summed E-state index contributed by atoms with van der Waals surface area (Å²) in [5.41, 5.74) is 9.89. The molecular weight excluding hydrogens is 1200 g/mol. The lowest BCUT2D eigenvalue weighted by atomic mass is 9.53. The fourth-order valence-corrected chi connectivity index (χ4v) is 26.8. The first kappa shape index (κ1) is 60.5. The number of nitrogens with one attached hydrogen (secondary N) is 4. The van der Waals surface area contributed by atoms with Crippen molar-refractivity contribution in [3.05, 3.63) is 133 Å². The Morgan fingerprint density at radius 2 is 1.01 bits per heavy atom. The lowest BCUT2D eigenvalue weighted by Gasteiger charge is -2.57. The molecule has 91 heavy (non-hydrogen) atoms. The van der Waals surface area contributed by atoms with Crippen molar-refractivity contribution in [2.24, 2.45) is 78.1 Å². The van der Waals surface area contributed by atoms with Crippen molar-refractivity contribution in [3.63, 3.8) is 0 Å². The molecule has 7 aromatic rings. The highest BCUT2D eigenvalue weighted by atomic mass is 32.1. The molecule has 482 valence electrons. The van der Waals surface area contributed by atoms with Gasteiger partial charge in [-0.05, 0) is 321 Å². The summed E-state index contributed by atoms with van der Waals surface area (Å²) in [5, 5.41) is 26.2. The number of aromatic nitrogens is 3. The molecule has 7 aromatic heterocycles. The Bertz CT molecular complexity index is 3570. The smallest absolute Gasteiger partial charge is 0.169 e. The topological polar surface area (TPSA) is 105 Å². The maximum Gasteiger partial charge on any atom is 0.169 e. The summed E-state index contributed by atoms with van der Waals surface area (Å²) in [5.74, 6) is 13.8. The highest BCUT2D eigenvalue weighted by molar-refractivity contribution is 7.22. The van der Waals surface area contributed by atoms with Gasteiger partial charge in [-0.3, -0.25) is 4.68 Å². The van der Waals surface area contributed by atoms with Gasteiger partial charge in [-0.25, -0.2) is 4.98 Å². The van der Waals surface area contributed by atoms with Crippen molar-refractivity contribution in [2.45, 2.75) is 216 Å². The largest absolute Gasteiger partial charge is 0.461 e. The second kappa shape index (κ2) is 24.8. The summed E-state index contributed by atoms with van der Waals surface area (Å²) in [7, 11) is 2.00. The van der Waals surface area contributed by atoms with Crippen molar-refractivity contribution >= 4 is 50.9 Å². The number of aryl methyl sites for hydroxylation is 3. The van der Waals surface area contributed by atoms with E-state index in [1.807, 2.05) is 59.0 Å². The third-order valence-electron chi connectivity index (χ3n) is 25.4. The average molecular weight is 1290 g/mol. The molecule has 7 heterocycles. The normalized spacial score (nSPS) is 36.1. The van der Waals surface area contributed by atoms with E-state index in [-0.39, 0.29) is 0 Å². The van der Waals surface area contributed by atoms with Crippen molar-refractivity contribution in [3.8, 4) is 31.8 Å². The van der Waals surface area contributed by atoms with E-state index in [9.17, 15) is 0 Å². The number of hydrogen-bond donors (Lipinski definition) is 4. The molecule has 13 heteroatoms. The molecular formula is C78H99N7O2S4. The third-order valence-corrected chi connectivity index (χ3v) is 29.4.